The standard InChI is InChI=1S/C31H24N2/c1-22-12-14-23(15-13-22)16-18-27(25-8-4-2-5-9-25)30-28-20-24(21-32)17-19-29(28)33-31(30)26-10-6-3-7-11-26/h2-20,27,33H,1H3/b18-16+. The number of benzene rings is 4. The smallest absolute Gasteiger partial charge is 0.0991 e. The van der Waals surface area contributed by atoms with Gasteiger partial charge in [0.15, 0.2) is 0 Å². The molecule has 0 aliphatic rings. The van der Waals surface area contributed by atoms with Crippen molar-refractivity contribution in [3.63, 3.8) is 0 Å². The van der Waals surface area contributed by atoms with Gasteiger partial charge in [-0.1, -0.05) is 103 Å². The van der Waals surface area contributed by atoms with Crippen molar-refractivity contribution in [3.05, 3.63) is 137 Å². The van der Waals surface area contributed by atoms with Crippen LogP contribution in [-0.4, -0.2) is 4.98 Å². The summed E-state index contributed by atoms with van der Waals surface area (Å²) in [6, 6.07) is 37.7. The Morgan fingerprint density at radius 2 is 1.52 bits per heavy atom. The third kappa shape index (κ3) is 4.22. The quantitative estimate of drug-likeness (QED) is 0.306. The van der Waals surface area contributed by atoms with E-state index in [1.54, 1.807) is 0 Å². The van der Waals surface area contributed by atoms with Gasteiger partial charge < -0.3 is 4.98 Å². The molecule has 158 valence electrons. The van der Waals surface area contributed by atoms with Gasteiger partial charge in [-0.2, -0.15) is 5.26 Å². The lowest BCUT2D eigenvalue weighted by Crippen LogP contribution is -1.99. The summed E-state index contributed by atoms with van der Waals surface area (Å²) >= 11 is 0. The predicted molar refractivity (Wildman–Crippen MR) is 137 cm³/mol. The Morgan fingerprint density at radius 1 is 0.818 bits per heavy atom. The van der Waals surface area contributed by atoms with Crippen LogP contribution >= 0.6 is 0 Å². The van der Waals surface area contributed by atoms with Crippen molar-refractivity contribution in [2.75, 3.05) is 0 Å². The molecular weight excluding hydrogens is 400 g/mol. The molecule has 0 saturated carbocycles. The molecule has 0 aliphatic heterocycles. The first-order chi connectivity index (χ1) is 16.2. The summed E-state index contributed by atoms with van der Waals surface area (Å²) in [4.78, 5) is 3.64. The highest BCUT2D eigenvalue weighted by Gasteiger charge is 2.22. The van der Waals surface area contributed by atoms with Crippen molar-refractivity contribution in [1.29, 1.82) is 5.26 Å². The average molecular weight is 425 g/mol. The van der Waals surface area contributed by atoms with Crippen LogP contribution in [0.25, 0.3) is 28.2 Å². The van der Waals surface area contributed by atoms with E-state index in [1.165, 1.54) is 22.3 Å². The summed E-state index contributed by atoms with van der Waals surface area (Å²) in [5.41, 5.74) is 8.72. The maximum atomic E-state index is 9.57. The zero-order valence-electron chi connectivity index (χ0n) is 18.5. The number of hydrogen-bond acceptors (Lipinski definition) is 1. The highest BCUT2D eigenvalue weighted by molar-refractivity contribution is 5.93. The van der Waals surface area contributed by atoms with E-state index in [-0.39, 0.29) is 5.92 Å². The molecule has 0 fully saturated rings. The molecule has 1 atom stereocenters. The van der Waals surface area contributed by atoms with E-state index < -0.39 is 0 Å². The molecule has 0 bridgehead atoms. The van der Waals surface area contributed by atoms with Crippen LogP contribution in [0.2, 0.25) is 0 Å². The van der Waals surface area contributed by atoms with Gasteiger partial charge in [0.25, 0.3) is 0 Å². The summed E-state index contributed by atoms with van der Waals surface area (Å²) in [7, 11) is 0. The normalized spacial score (nSPS) is 12.1. The molecule has 5 rings (SSSR count). The van der Waals surface area contributed by atoms with Gasteiger partial charge in [0.2, 0.25) is 0 Å². The Kier molecular flexibility index (Phi) is 5.62. The van der Waals surface area contributed by atoms with E-state index in [0.29, 0.717) is 5.56 Å². The predicted octanol–water partition coefficient (Wildman–Crippen LogP) is 7.86. The molecule has 0 aliphatic carbocycles. The van der Waals surface area contributed by atoms with Gasteiger partial charge in [0.05, 0.1) is 17.3 Å². The highest BCUT2D eigenvalue weighted by Crippen LogP contribution is 2.40. The van der Waals surface area contributed by atoms with Crippen molar-refractivity contribution in [2.24, 2.45) is 0 Å². The number of nitrogens with one attached hydrogen (secondary N) is 1. The molecule has 1 aromatic heterocycles. The largest absolute Gasteiger partial charge is 0.354 e. The van der Waals surface area contributed by atoms with E-state index in [9.17, 15) is 5.26 Å². The second-order valence-corrected chi connectivity index (χ2v) is 8.31. The summed E-state index contributed by atoms with van der Waals surface area (Å²) in [6.07, 6.45) is 4.47. The van der Waals surface area contributed by atoms with Crippen molar-refractivity contribution < 1.29 is 0 Å². The highest BCUT2D eigenvalue weighted by atomic mass is 14.7. The molecule has 0 spiro atoms. The average Bonchev–Trinajstić information content (AvgIpc) is 3.25. The van der Waals surface area contributed by atoms with Gasteiger partial charge in [-0.3, -0.25) is 0 Å². The Bertz CT molecular complexity index is 1450. The van der Waals surface area contributed by atoms with Crippen LogP contribution in [0, 0.1) is 18.3 Å². The molecule has 2 nitrogen and oxygen atoms in total. The van der Waals surface area contributed by atoms with Crippen LogP contribution in [0.5, 0.6) is 0 Å². The van der Waals surface area contributed by atoms with E-state index in [2.05, 4.69) is 103 Å². The first-order valence-electron chi connectivity index (χ1n) is 11.1. The van der Waals surface area contributed by atoms with Gasteiger partial charge in [-0.15, -0.1) is 0 Å². The van der Waals surface area contributed by atoms with E-state index in [4.69, 9.17) is 0 Å². The van der Waals surface area contributed by atoms with Crippen LogP contribution in [0.3, 0.4) is 0 Å². The monoisotopic (exact) mass is 424 g/mol. The minimum atomic E-state index is 0.0189. The Balaban J connectivity index is 1.76. The summed E-state index contributed by atoms with van der Waals surface area (Å²) in [6.45, 7) is 2.10. The number of fused-ring (bicyclic) bond motifs is 1. The minimum absolute atomic E-state index is 0.0189. The van der Waals surface area contributed by atoms with Crippen molar-refractivity contribution in [2.45, 2.75) is 12.8 Å². The van der Waals surface area contributed by atoms with Crippen LogP contribution in [-0.2, 0) is 0 Å². The third-order valence-electron chi connectivity index (χ3n) is 6.06. The molecule has 0 amide bonds. The number of aryl methyl sites for hydroxylation is 1. The maximum absolute atomic E-state index is 9.57. The fraction of sp³-hybridized carbons (Fsp3) is 0.0645. The van der Waals surface area contributed by atoms with Gasteiger partial charge in [0, 0.05) is 16.8 Å². The van der Waals surface area contributed by atoms with Crippen LogP contribution < -0.4 is 0 Å². The summed E-state index contributed by atoms with van der Waals surface area (Å²) < 4.78 is 0. The lowest BCUT2D eigenvalue weighted by molar-refractivity contribution is 1.05. The molecule has 1 heterocycles. The van der Waals surface area contributed by atoms with Crippen LogP contribution in [0.15, 0.2) is 109 Å². The minimum Gasteiger partial charge on any atom is -0.354 e. The van der Waals surface area contributed by atoms with Crippen LogP contribution in [0.1, 0.15) is 33.7 Å². The number of H-pyrrole nitrogens is 1. The number of nitriles is 1. The second-order valence-electron chi connectivity index (χ2n) is 8.31. The van der Waals surface area contributed by atoms with Gasteiger partial charge >= 0.3 is 0 Å². The first kappa shape index (κ1) is 20.5. The Labute approximate surface area is 194 Å². The lowest BCUT2D eigenvalue weighted by Gasteiger charge is -2.16. The molecular formula is C31H24N2. The number of aromatic amines is 1. The van der Waals surface area contributed by atoms with E-state index in [0.717, 1.165) is 22.2 Å². The van der Waals surface area contributed by atoms with Crippen molar-refractivity contribution in [1.82, 2.24) is 4.98 Å². The fourth-order valence-corrected chi connectivity index (χ4v) is 4.36. The lowest BCUT2D eigenvalue weighted by atomic mass is 9.86. The number of aromatic nitrogens is 1. The van der Waals surface area contributed by atoms with Gasteiger partial charge in [0.1, 0.15) is 0 Å². The zero-order valence-corrected chi connectivity index (χ0v) is 18.5. The van der Waals surface area contributed by atoms with Crippen molar-refractivity contribution >= 4 is 17.0 Å². The maximum Gasteiger partial charge on any atom is 0.0991 e. The SMILES string of the molecule is Cc1ccc(/C=C/C(c2ccccc2)c2c(-c3ccccc3)[nH]c3ccc(C#N)cc23)cc1. The van der Waals surface area contributed by atoms with Crippen LogP contribution in [0.4, 0.5) is 0 Å². The summed E-state index contributed by atoms with van der Waals surface area (Å²) in [5, 5.41) is 10.6. The fourth-order valence-electron chi connectivity index (χ4n) is 4.36. The molecule has 33 heavy (non-hydrogen) atoms. The van der Waals surface area contributed by atoms with E-state index in [1.807, 2.05) is 30.3 Å². The molecule has 0 radical (unpaired) electrons. The van der Waals surface area contributed by atoms with Crippen molar-refractivity contribution in [3.8, 4) is 17.3 Å². The second kappa shape index (κ2) is 9.02. The van der Waals surface area contributed by atoms with Gasteiger partial charge in [-0.05, 0) is 47.4 Å². The summed E-state index contributed by atoms with van der Waals surface area (Å²) in [5.74, 6) is 0.0189. The zero-order chi connectivity index (χ0) is 22.6. The number of nitrogens with zero attached hydrogens (tertiary/aromatic N) is 1. The number of hydrogen-bond donors (Lipinski definition) is 1. The third-order valence-corrected chi connectivity index (χ3v) is 6.06. The van der Waals surface area contributed by atoms with E-state index >= 15 is 0 Å². The molecule has 0 saturated heterocycles. The molecule has 5 aromatic rings. The Hall–Kier alpha value is -4.35. The molecule has 1 unspecified atom stereocenters. The first-order valence-corrected chi connectivity index (χ1v) is 11.1. The molecule has 1 N–H and O–H groups in total. The number of rotatable bonds is 5. The molecule has 2 heteroatoms. The topological polar surface area (TPSA) is 39.6 Å². The van der Waals surface area contributed by atoms with Gasteiger partial charge in [-0.25, -0.2) is 0 Å². The Morgan fingerprint density at radius 3 is 2.21 bits per heavy atom. The number of allylic oxidation sites excluding steroid dienone is 1. The molecule has 4 aromatic carbocycles.